The minimum absolute atomic E-state index is 0.0253. The first kappa shape index (κ1) is 12.9. The molecule has 1 heterocycles. The van der Waals surface area contributed by atoms with Gasteiger partial charge in [0.05, 0.1) is 6.42 Å². The molecule has 0 aliphatic carbocycles. The predicted molar refractivity (Wildman–Crippen MR) is 71.2 cm³/mol. The summed E-state index contributed by atoms with van der Waals surface area (Å²) in [6.45, 7) is 3.50. The van der Waals surface area contributed by atoms with E-state index in [4.69, 9.17) is 10.5 Å². The second-order valence-corrected chi connectivity index (χ2v) is 5.10. The van der Waals surface area contributed by atoms with Gasteiger partial charge in [-0.3, -0.25) is 4.79 Å². The Balaban J connectivity index is 1.94. The van der Waals surface area contributed by atoms with Crippen molar-refractivity contribution in [3.8, 4) is 0 Å². The zero-order chi connectivity index (χ0) is 13.0. The summed E-state index contributed by atoms with van der Waals surface area (Å²) < 4.78 is 5.31. The molecule has 18 heavy (non-hydrogen) atoms. The SMILES string of the molecule is CC1(NC(=O)Cc2ccccc2N)CCOCC1. The summed E-state index contributed by atoms with van der Waals surface area (Å²) >= 11 is 0. The number of hydrogen-bond donors (Lipinski definition) is 2. The third-order valence-corrected chi connectivity index (χ3v) is 3.44. The number of rotatable bonds is 3. The third-order valence-electron chi connectivity index (χ3n) is 3.44. The quantitative estimate of drug-likeness (QED) is 0.797. The summed E-state index contributed by atoms with van der Waals surface area (Å²) in [5.41, 5.74) is 7.25. The molecule has 0 unspecified atom stereocenters. The van der Waals surface area contributed by atoms with E-state index in [0.29, 0.717) is 25.3 Å². The fourth-order valence-corrected chi connectivity index (χ4v) is 2.20. The first-order valence-electron chi connectivity index (χ1n) is 6.31. The van der Waals surface area contributed by atoms with Crippen LogP contribution in [0.2, 0.25) is 0 Å². The van der Waals surface area contributed by atoms with Crippen molar-refractivity contribution in [1.29, 1.82) is 0 Å². The van der Waals surface area contributed by atoms with Crippen LogP contribution >= 0.6 is 0 Å². The van der Waals surface area contributed by atoms with E-state index in [1.54, 1.807) is 0 Å². The molecule has 0 atom stereocenters. The Hall–Kier alpha value is -1.55. The molecule has 0 saturated carbocycles. The number of benzene rings is 1. The van der Waals surface area contributed by atoms with Crippen molar-refractivity contribution in [3.63, 3.8) is 0 Å². The molecule has 1 amide bonds. The van der Waals surface area contributed by atoms with Crippen LogP contribution in [0.1, 0.15) is 25.3 Å². The molecule has 98 valence electrons. The van der Waals surface area contributed by atoms with Crippen LogP contribution in [0.3, 0.4) is 0 Å². The van der Waals surface area contributed by atoms with Crippen molar-refractivity contribution in [3.05, 3.63) is 29.8 Å². The lowest BCUT2D eigenvalue weighted by Crippen LogP contribution is -2.50. The second kappa shape index (κ2) is 5.40. The Morgan fingerprint density at radius 3 is 2.72 bits per heavy atom. The first-order valence-corrected chi connectivity index (χ1v) is 6.31. The summed E-state index contributed by atoms with van der Waals surface area (Å²) in [5.74, 6) is 0.0253. The molecule has 4 heteroatoms. The van der Waals surface area contributed by atoms with Gasteiger partial charge in [-0.1, -0.05) is 18.2 Å². The molecule has 1 aliphatic heterocycles. The molecular formula is C14H20N2O2. The first-order chi connectivity index (χ1) is 8.59. The monoisotopic (exact) mass is 248 g/mol. The summed E-state index contributed by atoms with van der Waals surface area (Å²) in [7, 11) is 0. The molecule has 0 aromatic heterocycles. The Kier molecular flexibility index (Phi) is 3.87. The fraction of sp³-hybridized carbons (Fsp3) is 0.500. The van der Waals surface area contributed by atoms with Gasteiger partial charge in [-0.2, -0.15) is 0 Å². The number of hydrogen-bond acceptors (Lipinski definition) is 3. The average Bonchev–Trinajstić information content (AvgIpc) is 2.32. The van der Waals surface area contributed by atoms with E-state index in [-0.39, 0.29) is 11.4 Å². The molecule has 1 saturated heterocycles. The van der Waals surface area contributed by atoms with Crippen molar-refractivity contribution in [1.82, 2.24) is 5.32 Å². The number of nitrogens with two attached hydrogens (primary N) is 1. The highest BCUT2D eigenvalue weighted by Crippen LogP contribution is 2.20. The molecule has 0 spiro atoms. The van der Waals surface area contributed by atoms with Crippen LogP contribution in [-0.2, 0) is 16.0 Å². The van der Waals surface area contributed by atoms with Crippen molar-refractivity contribution in [2.75, 3.05) is 18.9 Å². The van der Waals surface area contributed by atoms with E-state index in [2.05, 4.69) is 12.2 Å². The van der Waals surface area contributed by atoms with Gasteiger partial charge in [-0.15, -0.1) is 0 Å². The van der Waals surface area contributed by atoms with Gasteiger partial charge in [-0.25, -0.2) is 0 Å². The lowest BCUT2D eigenvalue weighted by Gasteiger charge is -2.34. The van der Waals surface area contributed by atoms with Gasteiger partial charge >= 0.3 is 0 Å². The summed E-state index contributed by atoms with van der Waals surface area (Å²) in [4.78, 5) is 12.0. The number of carbonyl (C=O) groups is 1. The van der Waals surface area contributed by atoms with Crippen LogP contribution in [0.5, 0.6) is 0 Å². The second-order valence-electron chi connectivity index (χ2n) is 5.10. The van der Waals surface area contributed by atoms with Crippen LogP contribution in [0, 0.1) is 0 Å². The summed E-state index contributed by atoms with van der Waals surface area (Å²) in [6, 6.07) is 7.48. The van der Waals surface area contributed by atoms with Crippen LogP contribution in [0.25, 0.3) is 0 Å². The predicted octanol–water partition coefficient (Wildman–Crippen LogP) is 1.50. The van der Waals surface area contributed by atoms with Gasteiger partial charge in [0.15, 0.2) is 0 Å². The molecule has 1 aromatic rings. The number of amides is 1. The van der Waals surface area contributed by atoms with Crippen molar-refractivity contribution in [2.24, 2.45) is 0 Å². The van der Waals surface area contributed by atoms with E-state index >= 15 is 0 Å². The van der Waals surface area contributed by atoms with Gasteiger partial charge in [0.1, 0.15) is 0 Å². The average molecular weight is 248 g/mol. The minimum Gasteiger partial charge on any atom is -0.398 e. The standard InChI is InChI=1S/C14H20N2O2/c1-14(6-8-18-9-7-14)16-13(17)10-11-4-2-3-5-12(11)15/h2-5H,6-10,15H2,1H3,(H,16,17). The topological polar surface area (TPSA) is 64.4 Å². The highest BCUT2D eigenvalue weighted by Gasteiger charge is 2.28. The fourth-order valence-electron chi connectivity index (χ4n) is 2.20. The number of nitrogen functional groups attached to an aromatic ring is 1. The maximum absolute atomic E-state index is 12.0. The Morgan fingerprint density at radius 2 is 2.06 bits per heavy atom. The molecule has 1 aromatic carbocycles. The highest BCUT2D eigenvalue weighted by atomic mass is 16.5. The number of anilines is 1. The lowest BCUT2D eigenvalue weighted by atomic mass is 9.92. The van der Waals surface area contributed by atoms with Crippen molar-refractivity contribution < 1.29 is 9.53 Å². The van der Waals surface area contributed by atoms with Crippen LogP contribution < -0.4 is 11.1 Å². The van der Waals surface area contributed by atoms with Crippen LogP contribution in [0.15, 0.2) is 24.3 Å². The van der Waals surface area contributed by atoms with E-state index in [0.717, 1.165) is 18.4 Å². The van der Waals surface area contributed by atoms with Gasteiger partial charge in [0.2, 0.25) is 5.91 Å². The Bertz CT molecular complexity index is 426. The van der Waals surface area contributed by atoms with Crippen molar-refractivity contribution >= 4 is 11.6 Å². The minimum atomic E-state index is -0.140. The maximum Gasteiger partial charge on any atom is 0.224 e. The molecule has 0 bridgehead atoms. The van der Waals surface area contributed by atoms with E-state index in [1.807, 2.05) is 24.3 Å². The highest BCUT2D eigenvalue weighted by molar-refractivity contribution is 5.80. The zero-order valence-electron chi connectivity index (χ0n) is 10.7. The Morgan fingerprint density at radius 1 is 1.39 bits per heavy atom. The Labute approximate surface area is 108 Å². The number of para-hydroxylation sites is 1. The smallest absolute Gasteiger partial charge is 0.224 e. The van der Waals surface area contributed by atoms with E-state index in [9.17, 15) is 4.79 Å². The summed E-state index contributed by atoms with van der Waals surface area (Å²) in [5, 5.41) is 3.10. The van der Waals surface area contributed by atoms with Crippen LogP contribution in [0.4, 0.5) is 5.69 Å². The largest absolute Gasteiger partial charge is 0.398 e. The molecule has 1 fully saturated rings. The number of ether oxygens (including phenoxy) is 1. The molecule has 0 radical (unpaired) electrons. The molecule has 3 N–H and O–H groups in total. The van der Waals surface area contributed by atoms with E-state index in [1.165, 1.54) is 0 Å². The number of carbonyl (C=O) groups excluding carboxylic acids is 1. The lowest BCUT2D eigenvalue weighted by molar-refractivity contribution is -0.123. The van der Waals surface area contributed by atoms with Gasteiger partial charge < -0.3 is 15.8 Å². The zero-order valence-corrected chi connectivity index (χ0v) is 10.7. The molecular weight excluding hydrogens is 228 g/mol. The van der Waals surface area contributed by atoms with Crippen LogP contribution in [-0.4, -0.2) is 24.7 Å². The normalized spacial score (nSPS) is 18.3. The summed E-state index contributed by atoms with van der Waals surface area (Å²) in [6.07, 6.45) is 2.06. The number of nitrogens with one attached hydrogen (secondary N) is 1. The van der Waals surface area contributed by atoms with Gasteiger partial charge in [0, 0.05) is 24.4 Å². The van der Waals surface area contributed by atoms with Gasteiger partial charge in [0.25, 0.3) is 0 Å². The third kappa shape index (κ3) is 3.23. The molecule has 2 rings (SSSR count). The van der Waals surface area contributed by atoms with Crippen molar-refractivity contribution in [2.45, 2.75) is 31.7 Å². The maximum atomic E-state index is 12.0. The molecule has 1 aliphatic rings. The molecule has 4 nitrogen and oxygen atoms in total. The van der Waals surface area contributed by atoms with Gasteiger partial charge in [-0.05, 0) is 31.4 Å². The van der Waals surface area contributed by atoms with E-state index < -0.39 is 0 Å².